The van der Waals surface area contributed by atoms with Gasteiger partial charge in [0.2, 0.25) is 5.91 Å². The monoisotopic (exact) mass is 251 g/mol. The highest BCUT2D eigenvalue weighted by Gasteiger charge is 2.06. The van der Waals surface area contributed by atoms with Crippen LogP contribution in [-0.2, 0) is 9.53 Å². The quantitative estimate of drug-likeness (QED) is 0.845. The van der Waals surface area contributed by atoms with Gasteiger partial charge in [-0.25, -0.2) is 0 Å². The third kappa shape index (κ3) is 4.75. The number of carbonyl (C=O) groups excluding carboxylic acids is 1. The van der Waals surface area contributed by atoms with Crippen LogP contribution in [0, 0.1) is 6.92 Å². The zero-order valence-corrected chi connectivity index (χ0v) is 11.4. The summed E-state index contributed by atoms with van der Waals surface area (Å²) in [6.45, 7) is 8.37. The summed E-state index contributed by atoms with van der Waals surface area (Å²) in [6, 6.07) is 5.61. The number of benzene rings is 1. The molecular formula is C14H21NO3. The van der Waals surface area contributed by atoms with E-state index in [-0.39, 0.29) is 18.6 Å². The van der Waals surface area contributed by atoms with Crippen molar-refractivity contribution < 1.29 is 14.3 Å². The predicted molar refractivity (Wildman–Crippen MR) is 72.1 cm³/mol. The molecule has 0 radical (unpaired) electrons. The van der Waals surface area contributed by atoms with Crippen LogP contribution in [0.3, 0.4) is 0 Å². The zero-order chi connectivity index (χ0) is 13.5. The molecule has 4 nitrogen and oxygen atoms in total. The van der Waals surface area contributed by atoms with Gasteiger partial charge in [-0.3, -0.25) is 4.79 Å². The lowest BCUT2D eigenvalue weighted by Crippen LogP contribution is -2.18. The van der Waals surface area contributed by atoms with Crippen LogP contribution < -0.4 is 10.1 Å². The number of hydrogen-bond acceptors (Lipinski definition) is 3. The van der Waals surface area contributed by atoms with Gasteiger partial charge in [-0.2, -0.15) is 0 Å². The molecule has 0 bridgehead atoms. The third-order valence-electron chi connectivity index (χ3n) is 2.28. The molecule has 1 amide bonds. The van der Waals surface area contributed by atoms with Gasteiger partial charge in [-0.15, -0.1) is 0 Å². The van der Waals surface area contributed by atoms with Crippen LogP contribution in [0.1, 0.15) is 26.3 Å². The molecule has 0 spiro atoms. The Balaban J connectivity index is 2.64. The molecule has 18 heavy (non-hydrogen) atoms. The Hall–Kier alpha value is -1.55. The predicted octanol–water partition coefficient (Wildman–Crippen LogP) is 2.76. The first kappa shape index (κ1) is 14.5. The van der Waals surface area contributed by atoms with E-state index in [4.69, 9.17) is 9.47 Å². The number of hydrogen-bond donors (Lipinski definition) is 1. The maximum atomic E-state index is 11.5. The smallest absolute Gasteiger partial charge is 0.250 e. The fraction of sp³-hybridized carbons (Fsp3) is 0.500. The molecule has 1 aromatic rings. The molecule has 0 aliphatic heterocycles. The Morgan fingerprint density at radius 2 is 2.11 bits per heavy atom. The molecule has 4 heteroatoms. The average Bonchev–Trinajstić information content (AvgIpc) is 2.29. The highest BCUT2D eigenvalue weighted by molar-refractivity contribution is 5.92. The van der Waals surface area contributed by atoms with Crippen LogP contribution in [0.5, 0.6) is 5.75 Å². The molecule has 1 aromatic carbocycles. The fourth-order valence-electron chi connectivity index (χ4n) is 1.50. The summed E-state index contributed by atoms with van der Waals surface area (Å²) in [4.78, 5) is 11.5. The highest BCUT2D eigenvalue weighted by Crippen LogP contribution is 2.22. The lowest BCUT2D eigenvalue weighted by molar-refractivity contribution is -0.120. The summed E-state index contributed by atoms with van der Waals surface area (Å²) >= 11 is 0. The number of rotatable bonds is 6. The van der Waals surface area contributed by atoms with Crippen LogP contribution in [0.25, 0.3) is 0 Å². The van der Waals surface area contributed by atoms with Crippen molar-refractivity contribution in [2.24, 2.45) is 0 Å². The fourth-order valence-corrected chi connectivity index (χ4v) is 1.50. The Kier molecular flexibility index (Phi) is 5.65. The Morgan fingerprint density at radius 3 is 2.67 bits per heavy atom. The van der Waals surface area contributed by atoms with Crippen LogP contribution in [0.4, 0.5) is 5.69 Å². The summed E-state index contributed by atoms with van der Waals surface area (Å²) < 4.78 is 10.6. The summed E-state index contributed by atoms with van der Waals surface area (Å²) in [7, 11) is 0. The molecule has 1 N–H and O–H groups in total. The van der Waals surface area contributed by atoms with E-state index in [1.54, 1.807) is 0 Å². The van der Waals surface area contributed by atoms with Gasteiger partial charge < -0.3 is 14.8 Å². The van der Waals surface area contributed by atoms with Gasteiger partial charge in [-0.05, 0) is 51.5 Å². The topological polar surface area (TPSA) is 47.6 Å². The van der Waals surface area contributed by atoms with Crippen LogP contribution in [0.2, 0.25) is 0 Å². The third-order valence-corrected chi connectivity index (χ3v) is 2.28. The van der Waals surface area contributed by atoms with Crippen molar-refractivity contribution in [2.45, 2.75) is 33.8 Å². The summed E-state index contributed by atoms with van der Waals surface area (Å²) in [5.74, 6) is 0.669. The largest absolute Gasteiger partial charge is 0.491 e. The van der Waals surface area contributed by atoms with E-state index in [1.165, 1.54) is 0 Å². The first-order valence-electron chi connectivity index (χ1n) is 6.17. The minimum absolute atomic E-state index is 0.0835. The van der Waals surface area contributed by atoms with Crippen molar-refractivity contribution in [3.05, 3.63) is 23.8 Å². The lowest BCUT2D eigenvalue weighted by atomic mass is 10.2. The van der Waals surface area contributed by atoms with Gasteiger partial charge in [0.15, 0.2) is 0 Å². The van der Waals surface area contributed by atoms with Gasteiger partial charge in [0.25, 0.3) is 0 Å². The van der Waals surface area contributed by atoms with Crippen LogP contribution in [-0.4, -0.2) is 25.2 Å². The maximum absolute atomic E-state index is 11.5. The second-order valence-corrected chi connectivity index (χ2v) is 4.33. The van der Waals surface area contributed by atoms with Gasteiger partial charge in [-0.1, -0.05) is 0 Å². The van der Waals surface area contributed by atoms with E-state index < -0.39 is 0 Å². The molecule has 0 saturated carbocycles. The van der Waals surface area contributed by atoms with E-state index in [1.807, 2.05) is 45.9 Å². The van der Waals surface area contributed by atoms with E-state index >= 15 is 0 Å². The Bertz CT molecular complexity index is 402. The molecule has 1 rings (SSSR count). The van der Waals surface area contributed by atoms with Gasteiger partial charge in [0.1, 0.15) is 12.4 Å². The number of anilines is 1. The van der Waals surface area contributed by atoms with E-state index in [9.17, 15) is 4.79 Å². The standard InChI is InChI=1S/C14H21NO3/c1-5-17-9-14(16)15-13-7-6-12(8-11(13)4)18-10(2)3/h6-8,10H,5,9H2,1-4H3,(H,15,16). The normalized spacial score (nSPS) is 10.5. The van der Waals surface area contributed by atoms with Crippen molar-refractivity contribution in [2.75, 3.05) is 18.5 Å². The molecule has 0 unspecified atom stereocenters. The second-order valence-electron chi connectivity index (χ2n) is 4.33. The molecule has 0 aliphatic rings. The van der Waals surface area contributed by atoms with Crippen LogP contribution >= 0.6 is 0 Å². The zero-order valence-electron chi connectivity index (χ0n) is 11.4. The summed E-state index contributed by atoms with van der Waals surface area (Å²) in [5.41, 5.74) is 1.76. The minimum Gasteiger partial charge on any atom is -0.491 e. The van der Waals surface area contributed by atoms with Crippen molar-refractivity contribution in [3.8, 4) is 5.75 Å². The van der Waals surface area contributed by atoms with Crippen molar-refractivity contribution in [1.82, 2.24) is 0 Å². The number of ether oxygens (including phenoxy) is 2. The number of carbonyl (C=O) groups is 1. The number of amides is 1. The molecular weight excluding hydrogens is 230 g/mol. The number of aryl methyl sites for hydroxylation is 1. The average molecular weight is 251 g/mol. The SMILES string of the molecule is CCOCC(=O)Nc1ccc(OC(C)C)cc1C. The van der Waals surface area contributed by atoms with Gasteiger partial charge in [0.05, 0.1) is 6.10 Å². The van der Waals surface area contributed by atoms with E-state index in [0.29, 0.717) is 6.61 Å². The first-order chi connectivity index (χ1) is 8.52. The molecule has 0 aromatic heterocycles. The highest BCUT2D eigenvalue weighted by atomic mass is 16.5. The van der Waals surface area contributed by atoms with Crippen molar-refractivity contribution in [3.63, 3.8) is 0 Å². The van der Waals surface area contributed by atoms with E-state index in [0.717, 1.165) is 17.0 Å². The first-order valence-corrected chi connectivity index (χ1v) is 6.17. The van der Waals surface area contributed by atoms with E-state index in [2.05, 4.69) is 5.32 Å². The molecule has 0 aliphatic carbocycles. The molecule has 100 valence electrons. The van der Waals surface area contributed by atoms with Gasteiger partial charge >= 0.3 is 0 Å². The maximum Gasteiger partial charge on any atom is 0.250 e. The van der Waals surface area contributed by atoms with Crippen molar-refractivity contribution >= 4 is 11.6 Å². The lowest BCUT2D eigenvalue weighted by Gasteiger charge is -2.13. The molecule has 0 heterocycles. The molecule has 0 atom stereocenters. The Labute approximate surface area is 108 Å². The summed E-state index contributed by atoms with van der Waals surface area (Å²) in [5, 5.41) is 2.81. The molecule has 0 saturated heterocycles. The number of nitrogens with one attached hydrogen (secondary N) is 1. The Morgan fingerprint density at radius 1 is 1.39 bits per heavy atom. The second kappa shape index (κ2) is 7.01. The minimum atomic E-state index is -0.141. The van der Waals surface area contributed by atoms with Gasteiger partial charge in [0, 0.05) is 12.3 Å². The van der Waals surface area contributed by atoms with Crippen LogP contribution in [0.15, 0.2) is 18.2 Å². The summed E-state index contributed by atoms with van der Waals surface area (Å²) in [6.07, 6.45) is 0.141. The molecule has 0 fully saturated rings. The van der Waals surface area contributed by atoms with Crippen molar-refractivity contribution in [1.29, 1.82) is 0 Å².